The SMILES string of the molecule is Cc1cccc(C)c1N1CCCCS/C1=N/N=C\c1ccc(C(N)=NC=Nc2ccc(OC(F)(F)F)cc2)cc1. The number of nitrogens with zero attached hydrogens (tertiary/aromatic N) is 5. The molecule has 0 aliphatic carbocycles. The average molecular weight is 567 g/mol. The molecule has 0 atom stereocenters. The van der Waals surface area contributed by atoms with E-state index in [4.69, 9.17) is 5.73 Å². The smallest absolute Gasteiger partial charge is 0.406 e. The van der Waals surface area contributed by atoms with Gasteiger partial charge < -0.3 is 15.4 Å². The third-order valence-corrected chi connectivity index (χ3v) is 7.03. The highest BCUT2D eigenvalue weighted by atomic mass is 32.2. The third kappa shape index (κ3) is 8.19. The molecular formula is C29H29F3N6OS. The molecular weight excluding hydrogens is 537 g/mol. The van der Waals surface area contributed by atoms with E-state index in [0.717, 1.165) is 35.9 Å². The quantitative estimate of drug-likeness (QED) is 0.190. The monoisotopic (exact) mass is 566 g/mol. The van der Waals surface area contributed by atoms with Crippen LogP contribution in [0.4, 0.5) is 24.5 Å². The van der Waals surface area contributed by atoms with Crippen molar-refractivity contribution in [3.63, 3.8) is 0 Å². The van der Waals surface area contributed by atoms with Crippen LogP contribution in [0.1, 0.15) is 35.1 Å². The highest BCUT2D eigenvalue weighted by Gasteiger charge is 2.31. The van der Waals surface area contributed by atoms with E-state index in [2.05, 4.69) is 61.9 Å². The summed E-state index contributed by atoms with van der Waals surface area (Å²) in [6, 6.07) is 18.8. The molecule has 2 N–H and O–H groups in total. The van der Waals surface area contributed by atoms with Gasteiger partial charge in [-0.3, -0.25) is 0 Å². The van der Waals surface area contributed by atoms with E-state index in [1.165, 1.54) is 47.4 Å². The fourth-order valence-electron chi connectivity index (χ4n) is 4.08. The van der Waals surface area contributed by atoms with Gasteiger partial charge in [0.1, 0.15) is 17.9 Å². The van der Waals surface area contributed by atoms with E-state index in [1.54, 1.807) is 18.0 Å². The number of alkyl halides is 3. The van der Waals surface area contributed by atoms with E-state index >= 15 is 0 Å². The standard InChI is InChI=1S/C29H29F3N6OS/c1-20-6-5-7-21(2)26(20)38-16-3-4-17-40-28(38)37-36-18-22-8-10-23(11-9-22)27(33)35-19-34-24-12-14-25(15-13-24)39-29(30,31)32/h5-15,18-19H,3-4,16-17H2,1-2H3,(H2,33,34,35)/b36-18-,37-28+. The first-order valence-electron chi connectivity index (χ1n) is 12.6. The molecule has 0 saturated carbocycles. The number of rotatable bonds is 7. The number of aryl methyl sites for hydroxylation is 2. The van der Waals surface area contributed by atoms with Crippen LogP contribution in [0.5, 0.6) is 5.75 Å². The van der Waals surface area contributed by atoms with Crippen LogP contribution in [0.15, 0.2) is 86.9 Å². The molecule has 0 amide bonds. The first kappa shape index (κ1) is 28.9. The van der Waals surface area contributed by atoms with E-state index in [0.29, 0.717) is 11.3 Å². The van der Waals surface area contributed by atoms with Crippen LogP contribution in [0, 0.1) is 13.8 Å². The van der Waals surface area contributed by atoms with E-state index in [1.807, 2.05) is 24.3 Å². The first-order valence-corrected chi connectivity index (χ1v) is 13.6. The lowest BCUT2D eigenvalue weighted by Crippen LogP contribution is -2.29. The van der Waals surface area contributed by atoms with Crippen LogP contribution in [0.3, 0.4) is 0 Å². The van der Waals surface area contributed by atoms with Crippen molar-refractivity contribution in [1.29, 1.82) is 0 Å². The predicted molar refractivity (Wildman–Crippen MR) is 158 cm³/mol. The molecule has 208 valence electrons. The summed E-state index contributed by atoms with van der Waals surface area (Å²) in [5.41, 5.74) is 11.6. The number of nitrogens with two attached hydrogens (primary N) is 1. The maximum absolute atomic E-state index is 12.3. The minimum atomic E-state index is -4.74. The van der Waals surface area contributed by atoms with Crippen molar-refractivity contribution in [2.24, 2.45) is 25.9 Å². The molecule has 0 aromatic heterocycles. The summed E-state index contributed by atoms with van der Waals surface area (Å²) in [6.45, 7) is 5.15. The Morgan fingerprint density at radius 3 is 2.35 bits per heavy atom. The van der Waals surface area contributed by atoms with Crippen molar-refractivity contribution < 1.29 is 17.9 Å². The second-order valence-corrected chi connectivity index (χ2v) is 10.1. The average Bonchev–Trinajstić information content (AvgIpc) is 3.14. The van der Waals surface area contributed by atoms with Crippen molar-refractivity contribution in [1.82, 2.24) is 0 Å². The Kier molecular flexibility index (Phi) is 9.60. The molecule has 4 rings (SSSR count). The van der Waals surface area contributed by atoms with Crippen LogP contribution in [0.25, 0.3) is 0 Å². The van der Waals surface area contributed by atoms with Gasteiger partial charge in [-0.1, -0.05) is 54.2 Å². The molecule has 3 aromatic carbocycles. The minimum absolute atomic E-state index is 0.239. The second-order valence-electron chi connectivity index (χ2n) is 9.00. The topological polar surface area (TPSA) is 87.9 Å². The van der Waals surface area contributed by atoms with E-state index in [9.17, 15) is 13.2 Å². The molecule has 11 heteroatoms. The predicted octanol–water partition coefficient (Wildman–Crippen LogP) is 6.99. The van der Waals surface area contributed by atoms with Gasteiger partial charge in [0, 0.05) is 23.5 Å². The number of para-hydroxylation sites is 1. The summed E-state index contributed by atoms with van der Waals surface area (Å²) in [6.07, 6.45) is 0.433. The van der Waals surface area contributed by atoms with Crippen molar-refractivity contribution in [3.8, 4) is 5.75 Å². The van der Waals surface area contributed by atoms with Crippen LogP contribution >= 0.6 is 11.8 Å². The number of amidine groups is 2. The number of thioether (sulfide) groups is 1. The number of anilines is 1. The lowest BCUT2D eigenvalue weighted by atomic mass is 10.1. The second kappa shape index (κ2) is 13.3. The number of halogens is 3. The number of hydrogen-bond acceptors (Lipinski definition) is 5. The number of benzene rings is 3. The lowest BCUT2D eigenvalue weighted by molar-refractivity contribution is -0.274. The summed E-state index contributed by atoms with van der Waals surface area (Å²) in [7, 11) is 0. The van der Waals surface area contributed by atoms with Gasteiger partial charge in [0.25, 0.3) is 0 Å². The first-order chi connectivity index (χ1) is 19.2. The Hall–Kier alpha value is -4.12. The molecule has 3 aromatic rings. The molecule has 0 unspecified atom stereocenters. The van der Waals surface area contributed by atoms with Crippen molar-refractivity contribution in [2.75, 3.05) is 17.2 Å². The molecule has 1 saturated heterocycles. The van der Waals surface area contributed by atoms with Crippen LogP contribution < -0.4 is 15.4 Å². The highest BCUT2D eigenvalue weighted by molar-refractivity contribution is 8.14. The van der Waals surface area contributed by atoms with Gasteiger partial charge in [0.2, 0.25) is 0 Å². The number of hydrogen-bond donors (Lipinski definition) is 1. The van der Waals surface area contributed by atoms with Crippen molar-refractivity contribution in [2.45, 2.75) is 33.1 Å². The molecule has 7 nitrogen and oxygen atoms in total. The van der Waals surface area contributed by atoms with E-state index < -0.39 is 6.36 Å². The van der Waals surface area contributed by atoms with Gasteiger partial charge in [0.05, 0.1) is 11.9 Å². The Bertz CT molecular complexity index is 1400. The van der Waals surface area contributed by atoms with Gasteiger partial charge >= 0.3 is 6.36 Å². The molecule has 0 spiro atoms. The molecule has 40 heavy (non-hydrogen) atoms. The summed E-state index contributed by atoms with van der Waals surface area (Å²) >= 11 is 1.72. The van der Waals surface area contributed by atoms with Crippen LogP contribution in [-0.4, -0.2) is 42.2 Å². The molecule has 1 fully saturated rings. The molecule has 1 heterocycles. The normalized spacial score (nSPS) is 16.2. The van der Waals surface area contributed by atoms with Crippen LogP contribution in [-0.2, 0) is 0 Å². The lowest BCUT2D eigenvalue weighted by Gasteiger charge is -2.26. The van der Waals surface area contributed by atoms with Gasteiger partial charge in [-0.15, -0.1) is 18.3 Å². The van der Waals surface area contributed by atoms with Crippen molar-refractivity contribution >= 4 is 46.7 Å². The maximum Gasteiger partial charge on any atom is 0.573 e. The zero-order valence-electron chi connectivity index (χ0n) is 22.1. The Balaban J connectivity index is 1.40. The molecule has 0 radical (unpaired) electrons. The van der Waals surface area contributed by atoms with Gasteiger partial charge in [-0.25, -0.2) is 9.98 Å². The van der Waals surface area contributed by atoms with E-state index in [-0.39, 0.29) is 11.6 Å². The fourth-order valence-corrected chi connectivity index (χ4v) is 5.06. The third-order valence-electron chi connectivity index (χ3n) is 5.98. The summed E-state index contributed by atoms with van der Waals surface area (Å²) in [5, 5.41) is 9.84. The zero-order valence-corrected chi connectivity index (χ0v) is 22.9. The minimum Gasteiger partial charge on any atom is -0.406 e. The Morgan fingerprint density at radius 2 is 1.68 bits per heavy atom. The fraction of sp³-hybridized carbons (Fsp3) is 0.241. The van der Waals surface area contributed by atoms with Gasteiger partial charge in [-0.05, 0) is 67.6 Å². The van der Waals surface area contributed by atoms with Crippen LogP contribution in [0.2, 0.25) is 0 Å². The molecule has 1 aliphatic heterocycles. The van der Waals surface area contributed by atoms with Crippen molar-refractivity contribution in [3.05, 3.63) is 89.0 Å². The Labute approximate surface area is 235 Å². The zero-order chi connectivity index (χ0) is 28.5. The number of ether oxygens (including phenoxy) is 1. The summed E-state index contributed by atoms with van der Waals surface area (Å²) in [4.78, 5) is 10.5. The molecule has 1 aliphatic rings. The Morgan fingerprint density at radius 1 is 0.975 bits per heavy atom. The highest BCUT2D eigenvalue weighted by Crippen LogP contribution is 2.30. The van der Waals surface area contributed by atoms with Gasteiger partial charge in [0.15, 0.2) is 5.17 Å². The summed E-state index contributed by atoms with van der Waals surface area (Å²) < 4.78 is 40.6. The number of aliphatic imine (C=N–C) groups is 2. The maximum atomic E-state index is 12.3. The molecule has 0 bridgehead atoms. The summed E-state index contributed by atoms with van der Waals surface area (Å²) in [5.74, 6) is 0.921. The van der Waals surface area contributed by atoms with Gasteiger partial charge in [-0.2, -0.15) is 5.10 Å². The largest absolute Gasteiger partial charge is 0.573 e.